The predicted octanol–water partition coefficient (Wildman–Crippen LogP) is 7.58. The van der Waals surface area contributed by atoms with E-state index in [9.17, 15) is 0 Å². The highest BCUT2D eigenvalue weighted by Crippen LogP contribution is 2.32. The monoisotopic (exact) mass is 463 g/mol. The summed E-state index contributed by atoms with van der Waals surface area (Å²) in [5.74, 6) is 0. The minimum Gasteiger partial charge on any atom is -0.305 e. The zero-order valence-electron chi connectivity index (χ0n) is 21.3. The molecule has 0 fully saturated rings. The quantitative estimate of drug-likeness (QED) is 0.299. The molecule has 4 aromatic rings. The van der Waals surface area contributed by atoms with E-state index in [0.717, 1.165) is 45.3 Å². The van der Waals surface area contributed by atoms with E-state index in [1.54, 1.807) is 0 Å². The normalized spacial score (nSPS) is 12.3. The van der Waals surface area contributed by atoms with Gasteiger partial charge in [-0.3, -0.25) is 5.10 Å². The molecule has 0 aliphatic rings. The average molecular weight is 464 g/mol. The number of rotatable bonds is 5. The molecule has 0 saturated carbocycles. The summed E-state index contributed by atoms with van der Waals surface area (Å²) >= 11 is 0. The zero-order valence-corrected chi connectivity index (χ0v) is 21.3. The molecule has 178 valence electrons. The number of nitrogens with one attached hydrogen (secondary N) is 2. The van der Waals surface area contributed by atoms with Gasteiger partial charge in [-0.25, -0.2) is 9.97 Å². The second-order valence-electron chi connectivity index (χ2n) is 10.8. The fraction of sp³-hybridized carbons (Fsp3) is 0.267. The Kier molecular flexibility index (Phi) is 6.53. The van der Waals surface area contributed by atoms with Crippen LogP contribution in [0.15, 0.2) is 72.8 Å². The molecule has 0 amide bonds. The standard InChI is InChI=1S/C30H33N5/c1-29(2,3)27(31)18-17-20-11-9-14-23(32-20)21-12-7-8-13-22(21)24-15-10-16-25(33-24)26-19-28(35-34-26)30(4,5)6/h7-19,31H,1-6H3,(H,34,35)/b18-17+,31-27?. The topological polar surface area (TPSA) is 78.3 Å². The lowest BCUT2D eigenvalue weighted by atomic mass is 9.90. The molecule has 0 spiro atoms. The maximum Gasteiger partial charge on any atom is 0.111 e. The number of nitrogens with zero attached hydrogens (tertiary/aromatic N) is 3. The number of H-pyrrole nitrogens is 1. The summed E-state index contributed by atoms with van der Waals surface area (Å²) in [6.07, 6.45) is 3.74. The van der Waals surface area contributed by atoms with E-state index >= 15 is 0 Å². The fourth-order valence-corrected chi connectivity index (χ4v) is 3.61. The van der Waals surface area contributed by atoms with Gasteiger partial charge >= 0.3 is 0 Å². The van der Waals surface area contributed by atoms with E-state index in [2.05, 4.69) is 49.2 Å². The maximum atomic E-state index is 8.25. The third-order valence-electron chi connectivity index (χ3n) is 5.88. The van der Waals surface area contributed by atoms with Crippen LogP contribution in [0.1, 0.15) is 52.9 Å². The van der Waals surface area contributed by atoms with Crippen molar-refractivity contribution in [2.24, 2.45) is 5.41 Å². The summed E-state index contributed by atoms with van der Waals surface area (Å²) in [6.45, 7) is 12.6. The molecule has 5 heteroatoms. The molecule has 4 rings (SSSR count). The van der Waals surface area contributed by atoms with Gasteiger partial charge in [0.1, 0.15) is 5.69 Å². The second kappa shape index (κ2) is 9.41. The van der Waals surface area contributed by atoms with Crippen molar-refractivity contribution in [1.29, 1.82) is 5.41 Å². The van der Waals surface area contributed by atoms with E-state index in [-0.39, 0.29) is 10.8 Å². The van der Waals surface area contributed by atoms with Gasteiger partial charge in [-0.2, -0.15) is 5.10 Å². The molecule has 2 N–H and O–H groups in total. The van der Waals surface area contributed by atoms with E-state index in [1.807, 2.05) is 81.5 Å². The van der Waals surface area contributed by atoms with Crippen LogP contribution in [0.5, 0.6) is 0 Å². The SMILES string of the molecule is CC(C)(C)C(=N)/C=C/c1cccc(-c2ccccc2-c2cccc(-c3cc(C(C)(C)C)[nH]n3)n2)n1. The van der Waals surface area contributed by atoms with E-state index < -0.39 is 0 Å². The van der Waals surface area contributed by atoms with Gasteiger partial charge in [0.15, 0.2) is 0 Å². The largest absolute Gasteiger partial charge is 0.305 e. The molecule has 0 aliphatic carbocycles. The lowest BCUT2D eigenvalue weighted by Gasteiger charge is -2.16. The summed E-state index contributed by atoms with van der Waals surface area (Å²) in [6, 6.07) is 22.3. The van der Waals surface area contributed by atoms with Gasteiger partial charge in [-0.15, -0.1) is 0 Å². The number of aromatic amines is 1. The molecule has 5 nitrogen and oxygen atoms in total. The molecule has 0 aliphatic heterocycles. The number of pyridine rings is 2. The van der Waals surface area contributed by atoms with Crippen molar-refractivity contribution in [2.75, 3.05) is 0 Å². The molecule has 35 heavy (non-hydrogen) atoms. The number of hydrogen-bond acceptors (Lipinski definition) is 4. The molecule has 3 aromatic heterocycles. The highest BCUT2D eigenvalue weighted by atomic mass is 15.1. The van der Waals surface area contributed by atoms with Crippen molar-refractivity contribution in [1.82, 2.24) is 20.2 Å². The van der Waals surface area contributed by atoms with Crippen molar-refractivity contribution in [3.63, 3.8) is 0 Å². The van der Waals surface area contributed by atoms with E-state index in [0.29, 0.717) is 5.71 Å². The third kappa shape index (κ3) is 5.62. The molecule has 0 bridgehead atoms. The first-order valence-electron chi connectivity index (χ1n) is 11.9. The van der Waals surface area contributed by atoms with Crippen LogP contribution >= 0.6 is 0 Å². The number of hydrogen-bond donors (Lipinski definition) is 2. The molecule has 3 heterocycles. The van der Waals surface area contributed by atoms with E-state index in [1.165, 1.54) is 0 Å². The van der Waals surface area contributed by atoms with Crippen molar-refractivity contribution < 1.29 is 0 Å². The van der Waals surface area contributed by atoms with Crippen molar-refractivity contribution in [3.05, 3.63) is 84.2 Å². The van der Waals surface area contributed by atoms with Gasteiger partial charge in [0, 0.05) is 33.4 Å². The average Bonchev–Trinajstić information content (AvgIpc) is 3.33. The van der Waals surface area contributed by atoms with Crippen LogP contribution in [0.4, 0.5) is 0 Å². The van der Waals surface area contributed by atoms with Gasteiger partial charge < -0.3 is 5.41 Å². The Morgan fingerprint density at radius 3 is 1.94 bits per heavy atom. The lowest BCUT2D eigenvalue weighted by molar-refractivity contribution is 0.567. The highest BCUT2D eigenvalue weighted by Gasteiger charge is 2.18. The van der Waals surface area contributed by atoms with Gasteiger partial charge in [0.2, 0.25) is 0 Å². The Balaban J connectivity index is 1.70. The highest BCUT2D eigenvalue weighted by molar-refractivity contribution is 5.99. The zero-order chi connectivity index (χ0) is 25.2. The first-order valence-corrected chi connectivity index (χ1v) is 11.9. The summed E-state index contributed by atoms with van der Waals surface area (Å²) in [5, 5.41) is 15.9. The lowest BCUT2D eigenvalue weighted by Crippen LogP contribution is -2.16. The number of benzene rings is 1. The Morgan fingerprint density at radius 2 is 1.34 bits per heavy atom. The van der Waals surface area contributed by atoms with Crippen molar-refractivity contribution >= 4 is 11.8 Å². The molecular formula is C30H33N5. The first-order chi connectivity index (χ1) is 16.5. The predicted molar refractivity (Wildman–Crippen MR) is 145 cm³/mol. The smallest absolute Gasteiger partial charge is 0.111 e. The summed E-state index contributed by atoms with van der Waals surface area (Å²) < 4.78 is 0. The van der Waals surface area contributed by atoms with E-state index in [4.69, 9.17) is 15.4 Å². The third-order valence-corrected chi connectivity index (χ3v) is 5.88. The molecule has 0 atom stereocenters. The fourth-order valence-electron chi connectivity index (χ4n) is 3.61. The second-order valence-corrected chi connectivity index (χ2v) is 10.8. The van der Waals surface area contributed by atoms with Gasteiger partial charge in [0.25, 0.3) is 0 Å². The van der Waals surface area contributed by atoms with Crippen LogP contribution in [0.25, 0.3) is 40.0 Å². The van der Waals surface area contributed by atoms with Crippen molar-refractivity contribution in [2.45, 2.75) is 47.0 Å². The van der Waals surface area contributed by atoms with Crippen LogP contribution in [-0.2, 0) is 5.41 Å². The number of allylic oxidation sites excluding steroid dienone is 1. The molecule has 0 unspecified atom stereocenters. The molecule has 0 radical (unpaired) electrons. The minimum atomic E-state index is -0.195. The molecular weight excluding hydrogens is 430 g/mol. The molecule has 1 aromatic carbocycles. The Labute approximate surface area is 207 Å². The Bertz CT molecular complexity index is 1380. The Morgan fingerprint density at radius 1 is 0.743 bits per heavy atom. The maximum absolute atomic E-state index is 8.25. The van der Waals surface area contributed by atoms with Crippen LogP contribution in [-0.4, -0.2) is 25.9 Å². The molecule has 0 saturated heterocycles. The van der Waals surface area contributed by atoms with Crippen LogP contribution in [0.3, 0.4) is 0 Å². The van der Waals surface area contributed by atoms with Crippen LogP contribution in [0.2, 0.25) is 0 Å². The number of aromatic nitrogens is 4. The summed E-state index contributed by atoms with van der Waals surface area (Å²) in [5.41, 5.74) is 7.68. The summed E-state index contributed by atoms with van der Waals surface area (Å²) in [4.78, 5) is 9.82. The van der Waals surface area contributed by atoms with Crippen LogP contribution in [0, 0.1) is 10.8 Å². The van der Waals surface area contributed by atoms with Crippen molar-refractivity contribution in [3.8, 4) is 33.9 Å². The first kappa shape index (κ1) is 24.3. The van der Waals surface area contributed by atoms with Gasteiger partial charge in [0.05, 0.1) is 22.8 Å². The van der Waals surface area contributed by atoms with Gasteiger partial charge in [-0.1, -0.05) is 77.9 Å². The minimum absolute atomic E-state index is 0.00797. The van der Waals surface area contributed by atoms with Crippen LogP contribution < -0.4 is 0 Å². The van der Waals surface area contributed by atoms with Gasteiger partial charge in [-0.05, 0) is 42.5 Å². The Hall–Kier alpha value is -3.86. The summed E-state index contributed by atoms with van der Waals surface area (Å²) in [7, 11) is 0.